The second-order valence-electron chi connectivity index (χ2n) is 4.59. The summed E-state index contributed by atoms with van der Waals surface area (Å²) in [5.74, 6) is -2.09. The number of hydrogen-bond donors (Lipinski definition) is 2. The van der Waals surface area contributed by atoms with Crippen LogP contribution >= 0.6 is 0 Å². The standard InChI is InChI=1S/C15H18FNO3/c1-3-4-10(2)15(20)17-13-7-5-11(9-12(13)16)6-8-14(18)19/h5-10H,3-4H2,1-2H3,(H,17,20)(H,18,19). The summed E-state index contributed by atoms with van der Waals surface area (Å²) in [5.41, 5.74) is 0.523. The molecule has 1 unspecified atom stereocenters. The van der Waals surface area contributed by atoms with Crippen molar-refractivity contribution in [1.29, 1.82) is 0 Å². The number of benzene rings is 1. The Bertz CT molecular complexity index is 526. The van der Waals surface area contributed by atoms with Gasteiger partial charge in [0.15, 0.2) is 0 Å². The van der Waals surface area contributed by atoms with Gasteiger partial charge in [-0.2, -0.15) is 0 Å². The number of rotatable bonds is 6. The minimum Gasteiger partial charge on any atom is -0.478 e. The van der Waals surface area contributed by atoms with Crippen molar-refractivity contribution in [2.45, 2.75) is 26.7 Å². The number of halogens is 1. The van der Waals surface area contributed by atoms with Crippen molar-refractivity contribution in [3.8, 4) is 0 Å². The molecule has 1 rings (SSSR count). The smallest absolute Gasteiger partial charge is 0.328 e. The Hall–Kier alpha value is -2.17. The normalized spacial score (nSPS) is 12.3. The SMILES string of the molecule is CCCC(C)C(=O)Nc1ccc(C=CC(=O)O)cc1F. The maximum Gasteiger partial charge on any atom is 0.328 e. The fourth-order valence-electron chi connectivity index (χ4n) is 1.72. The lowest BCUT2D eigenvalue weighted by Gasteiger charge is -2.12. The summed E-state index contributed by atoms with van der Waals surface area (Å²) in [5, 5.41) is 11.0. The third-order valence-electron chi connectivity index (χ3n) is 2.84. The van der Waals surface area contributed by atoms with Crippen molar-refractivity contribution >= 4 is 23.6 Å². The Morgan fingerprint density at radius 2 is 2.15 bits per heavy atom. The van der Waals surface area contributed by atoms with Crippen molar-refractivity contribution in [3.05, 3.63) is 35.7 Å². The number of hydrogen-bond acceptors (Lipinski definition) is 2. The number of carboxylic acid groups (broad SMARTS) is 1. The monoisotopic (exact) mass is 279 g/mol. The summed E-state index contributed by atoms with van der Waals surface area (Å²) in [6.07, 6.45) is 3.84. The first-order valence-electron chi connectivity index (χ1n) is 6.45. The molecule has 0 heterocycles. The van der Waals surface area contributed by atoms with Crippen LogP contribution in [0.15, 0.2) is 24.3 Å². The second-order valence-corrected chi connectivity index (χ2v) is 4.59. The molecule has 1 aromatic carbocycles. The van der Waals surface area contributed by atoms with Gasteiger partial charge in [-0.3, -0.25) is 4.79 Å². The average molecular weight is 279 g/mol. The molecule has 1 atom stereocenters. The summed E-state index contributed by atoms with van der Waals surface area (Å²) in [4.78, 5) is 22.2. The van der Waals surface area contributed by atoms with Crippen LogP contribution < -0.4 is 5.32 Å². The van der Waals surface area contributed by atoms with Crippen LogP contribution in [-0.2, 0) is 9.59 Å². The number of anilines is 1. The van der Waals surface area contributed by atoms with Crippen molar-refractivity contribution in [2.75, 3.05) is 5.32 Å². The van der Waals surface area contributed by atoms with Gasteiger partial charge in [-0.15, -0.1) is 0 Å². The van der Waals surface area contributed by atoms with Crippen LogP contribution in [0.1, 0.15) is 32.3 Å². The van der Waals surface area contributed by atoms with Gasteiger partial charge < -0.3 is 10.4 Å². The van der Waals surface area contributed by atoms with Gasteiger partial charge in [0.2, 0.25) is 5.91 Å². The van der Waals surface area contributed by atoms with Crippen LogP contribution in [0.4, 0.5) is 10.1 Å². The minimum atomic E-state index is -1.10. The van der Waals surface area contributed by atoms with Gasteiger partial charge in [0.1, 0.15) is 5.82 Å². The molecule has 0 bridgehead atoms. The molecule has 1 amide bonds. The predicted octanol–water partition coefficient (Wildman–Crippen LogP) is 3.30. The van der Waals surface area contributed by atoms with Crippen LogP contribution in [0.5, 0.6) is 0 Å². The Labute approximate surface area is 117 Å². The molecule has 4 nitrogen and oxygen atoms in total. The predicted molar refractivity (Wildman–Crippen MR) is 75.8 cm³/mol. The van der Waals surface area contributed by atoms with E-state index in [1.807, 2.05) is 6.92 Å². The number of carbonyl (C=O) groups excluding carboxylic acids is 1. The fourth-order valence-corrected chi connectivity index (χ4v) is 1.72. The second kappa shape index (κ2) is 7.43. The van der Waals surface area contributed by atoms with Crippen LogP contribution in [0.25, 0.3) is 6.08 Å². The Balaban J connectivity index is 2.78. The molecular formula is C15H18FNO3. The van der Waals surface area contributed by atoms with Crippen molar-refractivity contribution < 1.29 is 19.1 Å². The number of nitrogens with one attached hydrogen (secondary N) is 1. The Morgan fingerprint density at radius 1 is 1.45 bits per heavy atom. The molecule has 0 saturated heterocycles. The summed E-state index contributed by atoms with van der Waals surface area (Å²) in [6, 6.07) is 4.15. The molecule has 0 spiro atoms. The van der Waals surface area contributed by atoms with Crippen molar-refractivity contribution in [3.63, 3.8) is 0 Å². The zero-order valence-corrected chi connectivity index (χ0v) is 11.5. The van der Waals surface area contributed by atoms with Crippen LogP contribution in [-0.4, -0.2) is 17.0 Å². The zero-order valence-electron chi connectivity index (χ0n) is 11.5. The first-order chi connectivity index (χ1) is 9.43. The molecular weight excluding hydrogens is 261 g/mol. The van der Waals surface area contributed by atoms with E-state index in [1.54, 1.807) is 13.0 Å². The van der Waals surface area contributed by atoms with E-state index in [9.17, 15) is 14.0 Å². The molecule has 2 N–H and O–H groups in total. The maximum absolute atomic E-state index is 13.8. The molecule has 20 heavy (non-hydrogen) atoms. The van der Waals surface area contributed by atoms with Crippen LogP contribution in [0, 0.1) is 11.7 Å². The molecule has 0 aliphatic carbocycles. The highest BCUT2D eigenvalue weighted by Gasteiger charge is 2.13. The van der Waals surface area contributed by atoms with Crippen LogP contribution in [0.3, 0.4) is 0 Å². The van der Waals surface area contributed by atoms with E-state index in [-0.39, 0.29) is 17.5 Å². The average Bonchev–Trinajstić information content (AvgIpc) is 2.39. The molecule has 0 radical (unpaired) electrons. The van der Waals surface area contributed by atoms with Gasteiger partial charge in [0, 0.05) is 12.0 Å². The highest BCUT2D eigenvalue weighted by Crippen LogP contribution is 2.18. The van der Waals surface area contributed by atoms with Gasteiger partial charge in [-0.25, -0.2) is 9.18 Å². The van der Waals surface area contributed by atoms with E-state index in [0.29, 0.717) is 5.56 Å². The number of carbonyl (C=O) groups is 2. The maximum atomic E-state index is 13.8. The topological polar surface area (TPSA) is 66.4 Å². The first kappa shape index (κ1) is 15.9. The molecule has 0 aromatic heterocycles. The Kier molecular flexibility index (Phi) is 5.90. The van der Waals surface area contributed by atoms with Crippen molar-refractivity contribution in [1.82, 2.24) is 0 Å². The molecule has 5 heteroatoms. The van der Waals surface area contributed by atoms with E-state index in [2.05, 4.69) is 5.32 Å². The molecule has 0 aliphatic heterocycles. The minimum absolute atomic E-state index is 0.102. The lowest BCUT2D eigenvalue weighted by Crippen LogP contribution is -2.20. The largest absolute Gasteiger partial charge is 0.478 e. The lowest BCUT2D eigenvalue weighted by atomic mass is 10.1. The summed E-state index contributed by atoms with van der Waals surface area (Å²) >= 11 is 0. The fraction of sp³-hybridized carbons (Fsp3) is 0.333. The van der Waals surface area contributed by atoms with E-state index < -0.39 is 11.8 Å². The summed E-state index contributed by atoms with van der Waals surface area (Å²) in [6.45, 7) is 3.77. The molecule has 0 saturated carbocycles. The number of carboxylic acids is 1. The van der Waals surface area contributed by atoms with Crippen molar-refractivity contribution in [2.24, 2.45) is 5.92 Å². The number of amides is 1. The quantitative estimate of drug-likeness (QED) is 0.785. The van der Waals surface area contributed by atoms with Gasteiger partial charge >= 0.3 is 5.97 Å². The molecule has 0 aliphatic rings. The third-order valence-corrected chi connectivity index (χ3v) is 2.84. The van der Waals surface area contributed by atoms with Gasteiger partial charge in [-0.1, -0.05) is 26.3 Å². The molecule has 108 valence electrons. The summed E-state index contributed by atoms with van der Waals surface area (Å²) in [7, 11) is 0. The highest BCUT2D eigenvalue weighted by atomic mass is 19.1. The molecule has 1 aromatic rings. The van der Waals surface area contributed by atoms with E-state index in [0.717, 1.165) is 18.9 Å². The van der Waals surface area contributed by atoms with Gasteiger partial charge in [0.05, 0.1) is 5.69 Å². The summed E-state index contributed by atoms with van der Waals surface area (Å²) < 4.78 is 13.8. The van der Waals surface area contributed by atoms with E-state index >= 15 is 0 Å². The third kappa shape index (κ3) is 4.84. The number of aliphatic carboxylic acids is 1. The molecule has 0 fully saturated rings. The first-order valence-corrected chi connectivity index (χ1v) is 6.45. The lowest BCUT2D eigenvalue weighted by molar-refractivity contribution is -0.131. The Morgan fingerprint density at radius 3 is 2.70 bits per heavy atom. The van der Waals surface area contributed by atoms with E-state index in [4.69, 9.17) is 5.11 Å². The zero-order chi connectivity index (χ0) is 15.1. The van der Waals surface area contributed by atoms with Gasteiger partial charge in [0.25, 0.3) is 0 Å². The highest BCUT2D eigenvalue weighted by molar-refractivity contribution is 5.92. The van der Waals surface area contributed by atoms with E-state index in [1.165, 1.54) is 18.2 Å². The van der Waals surface area contributed by atoms with Gasteiger partial charge in [-0.05, 0) is 30.2 Å². The van der Waals surface area contributed by atoms with Crippen LogP contribution in [0.2, 0.25) is 0 Å².